The van der Waals surface area contributed by atoms with Crippen molar-refractivity contribution in [2.75, 3.05) is 0 Å². The van der Waals surface area contributed by atoms with E-state index in [2.05, 4.69) is 20.1 Å². The molecule has 6 nitrogen and oxygen atoms in total. The normalized spacial score (nSPS) is 13.0. The summed E-state index contributed by atoms with van der Waals surface area (Å²) in [5.74, 6) is 0. The molecule has 130 valence electrons. The number of hydrogen-bond donors (Lipinski definition) is 1. The van der Waals surface area contributed by atoms with E-state index in [1.165, 1.54) is 6.33 Å². The Labute approximate surface area is 141 Å². The van der Waals surface area contributed by atoms with Crippen molar-refractivity contribution in [2.45, 2.75) is 37.9 Å². The van der Waals surface area contributed by atoms with Crippen LogP contribution in [0.1, 0.15) is 31.7 Å². The van der Waals surface area contributed by atoms with E-state index >= 15 is 0 Å². The van der Waals surface area contributed by atoms with Gasteiger partial charge in [-0.3, -0.25) is 4.68 Å². The molecular weight excluding hydrogens is 333 g/mol. The topological polar surface area (TPSA) is 83.2 Å². The molecule has 1 N–H and O–H groups in total. The molecule has 0 spiro atoms. The number of H-pyrrole nitrogens is 1. The first-order chi connectivity index (χ1) is 12.0. The zero-order valence-corrected chi connectivity index (χ0v) is 13.2. The largest absolute Gasteiger partial charge is 0.389 e. The molecule has 3 aromatic rings. The average Bonchev–Trinajstić information content (AvgIpc) is 3.22. The number of nitrogens with one attached hydrogen (secondary N) is 1. The molecule has 0 bridgehead atoms. The maximum Gasteiger partial charge on any atom is 0.389 e. The Kier molecular flexibility index (Phi) is 4.70. The van der Waals surface area contributed by atoms with Crippen LogP contribution >= 0.6 is 0 Å². The maximum atomic E-state index is 12.3. The van der Waals surface area contributed by atoms with Crippen LogP contribution in [0.5, 0.6) is 0 Å². The van der Waals surface area contributed by atoms with E-state index in [0.717, 1.165) is 10.9 Å². The minimum Gasteiger partial charge on any atom is -0.346 e. The van der Waals surface area contributed by atoms with Gasteiger partial charge in [0.2, 0.25) is 0 Å². The van der Waals surface area contributed by atoms with Crippen LogP contribution in [-0.4, -0.2) is 30.9 Å². The molecule has 0 radical (unpaired) electrons. The van der Waals surface area contributed by atoms with Crippen molar-refractivity contribution in [2.24, 2.45) is 0 Å². The number of alkyl halides is 3. The van der Waals surface area contributed by atoms with Gasteiger partial charge >= 0.3 is 6.18 Å². The van der Waals surface area contributed by atoms with Crippen molar-refractivity contribution in [1.29, 1.82) is 5.26 Å². The summed E-state index contributed by atoms with van der Waals surface area (Å²) in [6.45, 7) is 0. The number of hydrogen-bond acceptors (Lipinski definition) is 4. The molecule has 0 aliphatic carbocycles. The lowest BCUT2D eigenvalue weighted by Gasteiger charge is -2.15. The van der Waals surface area contributed by atoms with Crippen molar-refractivity contribution < 1.29 is 13.2 Å². The third kappa shape index (κ3) is 3.96. The van der Waals surface area contributed by atoms with Gasteiger partial charge in [-0.15, -0.1) is 0 Å². The number of halogens is 3. The highest BCUT2D eigenvalue weighted by molar-refractivity contribution is 5.89. The van der Waals surface area contributed by atoms with Crippen LogP contribution in [0.25, 0.3) is 22.3 Å². The maximum absolute atomic E-state index is 12.3. The molecule has 0 aliphatic rings. The standard InChI is InChI=1S/C16H15F3N6/c17-16(18,19)5-1-2-12(3-6-20)25-9-11(8-24-25)14-13-4-7-21-15(13)23-10-22-14/h4,7-10,12H,1-3,5H2,(H,21,22,23). The smallest absolute Gasteiger partial charge is 0.346 e. The summed E-state index contributed by atoms with van der Waals surface area (Å²) in [7, 11) is 0. The molecule has 1 unspecified atom stereocenters. The second-order valence-electron chi connectivity index (χ2n) is 5.69. The Morgan fingerprint density at radius 3 is 2.92 bits per heavy atom. The van der Waals surface area contributed by atoms with Crippen molar-refractivity contribution >= 4 is 11.0 Å². The van der Waals surface area contributed by atoms with Crippen LogP contribution in [0.3, 0.4) is 0 Å². The molecule has 3 aromatic heterocycles. The zero-order valence-electron chi connectivity index (χ0n) is 13.2. The Balaban J connectivity index is 1.80. The first-order valence-electron chi connectivity index (χ1n) is 7.74. The summed E-state index contributed by atoms with van der Waals surface area (Å²) in [4.78, 5) is 11.4. The van der Waals surface area contributed by atoms with Gasteiger partial charge in [0.15, 0.2) is 0 Å². The molecular formula is C16H15F3N6. The molecule has 1 atom stereocenters. The van der Waals surface area contributed by atoms with E-state index in [9.17, 15) is 13.2 Å². The minimum atomic E-state index is -4.19. The lowest BCUT2D eigenvalue weighted by molar-refractivity contribution is -0.136. The number of aromatic nitrogens is 5. The van der Waals surface area contributed by atoms with E-state index in [4.69, 9.17) is 5.26 Å². The van der Waals surface area contributed by atoms with Crippen molar-refractivity contribution in [1.82, 2.24) is 24.7 Å². The van der Waals surface area contributed by atoms with Crippen molar-refractivity contribution in [3.8, 4) is 17.3 Å². The third-order valence-electron chi connectivity index (χ3n) is 3.93. The fourth-order valence-electron chi connectivity index (χ4n) is 2.73. The highest BCUT2D eigenvalue weighted by Crippen LogP contribution is 2.28. The van der Waals surface area contributed by atoms with Crippen LogP contribution < -0.4 is 0 Å². The van der Waals surface area contributed by atoms with Gasteiger partial charge in [0.25, 0.3) is 0 Å². The lowest BCUT2D eigenvalue weighted by Crippen LogP contribution is -2.12. The summed E-state index contributed by atoms with van der Waals surface area (Å²) in [5.41, 5.74) is 2.10. The number of aromatic amines is 1. The number of rotatable bonds is 6. The summed E-state index contributed by atoms with van der Waals surface area (Å²) in [5, 5.41) is 14.0. The van der Waals surface area contributed by atoms with Gasteiger partial charge in [0, 0.05) is 29.8 Å². The van der Waals surface area contributed by atoms with E-state index in [1.807, 2.05) is 12.1 Å². The van der Waals surface area contributed by atoms with Crippen LogP contribution in [0.2, 0.25) is 0 Å². The molecule has 0 aromatic carbocycles. The number of nitrogens with zero attached hydrogens (tertiary/aromatic N) is 5. The van der Waals surface area contributed by atoms with Gasteiger partial charge in [-0.2, -0.15) is 23.5 Å². The fraction of sp³-hybridized carbons (Fsp3) is 0.375. The molecule has 0 fully saturated rings. The quantitative estimate of drug-likeness (QED) is 0.729. The Bertz CT molecular complexity index is 889. The summed E-state index contributed by atoms with van der Waals surface area (Å²) in [6, 6.07) is 3.46. The molecule has 3 rings (SSSR count). The second kappa shape index (κ2) is 6.93. The van der Waals surface area contributed by atoms with Crippen LogP contribution in [-0.2, 0) is 0 Å². The predicted molar refractivity (Wildman–Crippen MR) is 84.3 cm³/mol. The van der Waals surface area contributed by atoms with E-state index < -0.39 is 18.6 Å². The average molecular weight is 348 g/mol. The molecule has 9 heteroatoms. The van der Waals surface area contributed by atoms with E-state index in [-0.39, 0.29) is 19.3 Å². The molecule has 0 aliphatic heterocycles. The molecule has 3 heterocycles. The lowest BCUT2D eigenvalue weighted by atomic mass is 10.1. The first kappa shape index (κ1) is 17.0. The third-order valence-corrected chi connectivity index (χ3v) is 3.93. The van der Waals surface area contributed by atoms with Gasteiger partial charge in [0.05, 0.1) is 30.4 Å². The minimum absolute atomic E-state index is 0.0411. The van der Waals surface area contributed by atoms with Crippen molar-refractivity contribution in [3.05, 3.63) is 31.0 Å². The zero-order chi connectivity index (χ0) is 17.9. The van der Waals surface area contributed by atoms with Crippen LogP contribution in [0, 0.1) is 11.3 Å². The van der Waals surface area contributed by atoms with Crippen molar-refractivity contribution in [3.63, 3.8) is 0 Å². The SMILES string of the molecule is N#CCC(CCCC(F)(F)F)n1cc(-c2ncnc3[nH]ccc23)cn1. The number of nitriles is 1. The Hall–Kier alpha value is -2.89. The first-order valence-corrected chi connectivity index (χ1v) is 7.74. The highest BCUT2D eigenvalue weighted by atomic mass is 19.4. The summed E-state index contributed by atoms with van der Waals surface area (Å²) in [6.07, 6.45) is 1.74. The van der Waals surface area contributed by atoms with E-state index in [0.29, 0.717) is 11.3 Å². The summed E-state index contributed by atoms with van der Waals surface area (Å²) < 4.78 is 38.6. The van der Waals surface area contributed by atoms with Crippen LogP contribution in [0.15, 0.2) is 31.0 Å². The molecule has 0 saturated carbocycles. The van der Waals surface area contributed by atoms with Gasteiger partial charge in [-0.05, 0) is 18.9 Å². The molecule has 0 saturated heterocycles. The van der Waals surface area contributed by atoms with E-state index in [1.54, 1.807) is 23.3 Å². The Morgan fingerprint density at radius 1 is 1.32 bits per heavy atom. The highest BCUT2D eigenvalue weighted by Gasteiger charge is 2.27. The number of fused-ring (bicyclic) bond motifs is 1. The van der Waals surface area contributed by atoms with Gasteiger partial charge < -0.3 is 4.98 Å². The second-order valence-corrected chi connectivity index (χ2v) is 5.69. The van der Waals surface area contributed by atoms with Gasteiger partial charge in [0.1, 0.15) is 12.0 Å². The van der Waals surface area contributed by atoms with Gasteiger partial charge in [-0.1, -0.05) is 0 Å². The predicted octanol–water partition coefficient (Wildman–Crippen LogP) is 4.01. The van der Waals surface area contributed by atoms with Gasteiger partial charge in [-0.25, -0.2) is 9.97 Å². The Morgan fingerprint density at radius 2 is 2.16 bits per heavy atom. The molecule has 25 heavy (non-hydrogen) atoms. The van der Waals surface area contributed by atoms with Crippen LogP contribution in [0.4, 0.5) is 13.2 Å². The fourth-order valence-corrected chi connectivity index (χ4v) is 2.73. The summed E-state index contributed by atoms with van der Waals surface area (Å²) >= 11 is 0. The monoisotopic (exact) mass is 348 g/mol. The molecule has 0 amide bonds.